The smallest absolute Gasteiger partial charge is 0.425 e. The van der Waals surface area contributed by atoms with Crippen molar-refractivity contribution in [2.24, 2.45) is 0 Å². The van der Waals surface area contributed by atoms with Crippen molar-refractivity contribution in [1.82, 2.24) is 4.98 Å². The van der Waals surface area contributed by atoms with Crippen molar-refractivity contribution in [1.29, 1.82) is 0 Å². The number of rotatable bonds is 3. The van der Waals surface area contributed by atoms with Crippen LogP contribution in [0.4, 0.5) is 13.2 Å². The maximum atomic E-state index is 12.3. The van der Waals surface area contributed by atoms with Gasteiger partial charge in [0, 0.05) is 18.0 Å². The van der Waals surface area contributed by atoms with E-state index in [4.69, 9.17) is 4.74 Å². The van der Waals surface area contributed by atoms with Crippen molar-refractivity contribution in [3.63, 3.8) is 0 Å². The molecular weight excluding hydrogens is 219 g/mol. The summed E-state index contributed by atoms with van der Waals surface area (Å²) in [6.07, 6.45) is -1.07. The lowest BCUT2D eigenvalue weighted by atomic mass is 10.2. The fourth-order valence-electron chi connectivity index (χ4n) is 1.46. The summed E-state index contributed by atoms with van der Waals surface area (Å²) < 4.78 is 42.0. The lowest BCUT2D eigenvalue weighted by Crippen LogP contribution is -2.31. The number of hydrogen-bond acceptors (Lipinski definition) is 2. The van der Waals surface area contributed by atoms with Gasteiger partial charge in [-0.25, -0.2) is 0 Å². The average Bonchev–Trinajstić information content (AvgIpc) is 3.00. The van der Waals surface area contributed by atoms with Crippen molar-refractivity contribution >= 4 is 0 Å². The van der Waals surface area contributed by atoms with E-state index in [1.54, 1.807) is 6.20 Å². The predicted octanol–water partition coefficient (Wildman–Crippen LogP) is 3.29. The van der Waals surface area contributed by atoms with Crippen molar-refractivity contribution in [2.75, 3.05) is 0 Å². The first-order chi connectivity index (χ1) is 7.48. The van der Waals surface area contributed by atoms with Gasteiger partial charge < -0.3 is 4.74 Å². The number of hydrogen-bond donors (Lipinski definition) is 0. The van der Waals surface area contributed by atoms with Gasteiger partial charge in [0.15, 0.2) is 6.10 Å². The number of halogens is 3. The van der Waals surface area contributed by atoms with Crippen molar-refractivity contribution in [3.05, 3.63) is 24.0 Å². The molecule has 0 N–H and O–H groups in total. The SMILES string of the molecule is C[C@H](Oc1ccncc1C1CC1)C(F)(F)F. The van der Waals surface area contributed by atoms with Crippen LogP contribution in [0.1, 0.15) is 31.2 Å². The molecule has 0 radical (unpaired) electrons. The molecule has 1 heterocycles. The van der Waals surface area contributed by atoms with E-state index >= 15 is 0 Å². The second-order valence-electron chi connectivity index (χ2n) is 3.99. The van der Waals surface area contributed by atoms with E-state index in [1.807, 2.05) is 0 Å². The van der Waals surface area contributed by atoms with Gasteiger partial charge >= 0.3 is 6.18 Å². The van der Waals surface area contributed by atoms with E-state index in [0.29, 0.717) is 11.7 Å². The number of pyridine rings is 1. The maximum absolute atomic E-state index is 12.3. The standard InChI is InChI=1S/C11H12F3NO/c1-7(11(12,13)14)16-10-4-5-15-6-9(10)8-2-3-8/h4-8H,2-3H2,1H3/t7-/m0/s1. The van der Waals surface area contributed by atoms with Crippen molar-refractivity contribution in [2.45, 2.75) is 38.0 Å². The van der Waals surface area contributed by atoms with Crippen LogP contribution in [0.15, 0.2) is 18.5 Å². The third-order valence-corrected chi connectivity index (χ3v) is 2.59. The van der Waals surface area contributed by atoms with Crippen LogP contribution >= 0.6 is 0 Å². The number of ether oxygens (including phenoxy) is 1. The molecular formula is C11H12F3NO. The van der Waals surface area contributed by atoms with Crippen molar-refractivity contribution in [3.8, 4) is 5.75 Å². The zero-order valence-electron chi connectivity index (χ0n) is 8.79. The first-order valence-electron chi connectivity index (χ1n) is 5.16. The first kappa shape index (κ1) is 11.2. The van der Waals surface area contributed by atoms with Crippen LogP contribution in [0.25, 0.3) is 0 Å². The minimum atomic E-state index is -4.33. The molecule has 0 aliphatic heterocycles. The number of aromatic nitrogens is 1. The Morgan fingerprint density at radius 2 is 2.12 bits per heavy atom. The molecule has 0 saturated heterocycles. The number of nitrogens with zero attached hydrogens (tertiary/aromatic N) is 1. The van der Waals surface area contributed by atoms with Gasteiger partial charge in [-0.3, -0.25) is 4.98 Å². The monoisotopic (exact) mass is 231 g/mol. The second-order valence-corrected chi connectivity index (χ2v) is 3.99. The molecule has 1 atom stereocenters. The highest BCUT2D eigenvalue weighted by Crippen LogP contribution is 2.44. The molecule has 16 heavy (non-hydrogen) atoms. The van der Waals surface area contributed by atoms with Gasteiger partial charge in [0.05, 0.1) is 0 Å². The highest BCUT2D eigenvalue weighted by Gasteiger charge is 2.39. The maximum Gasteiger partial charge on any atom is 0.425 e. The Bertz CT molecular complexity index is 374. The van der Waals surface area contributed by atoms with Gasteiger partial charge in [0.2, 0.25) is 0 Å². The Hall–Kier alpha value is -1.26. The molecule has 0 amide bonds. The van der Waals surface area contributed by atoms with E-state index in [0.717, 1.165) is 25.3 Å². The first-order valence-corrected chi connectivity index (χ1v) is 5.16. The highest BCUT2D eigenvalue weighted by molar-refractivity contribution is 5.36. The number of alkyl halides is 3. The molecule has 1 aliphatic rings. The summed E-state index contributed by atoms with van der Waals surface area (Å²) in [5.41, 5.74) is 0.790. The van der Waals surface area contributed by atoms with E-state index in [1.165, 1.54) is 12.3 Å². The third kappa shape index (κ3) is 2.46. The second kappa shape index (κ2) is 3.96. The van der Waals surface area contributed by atoms with Gasteiger partial charge in [0.1, 0.15) is 5.75 Å². The Morgan fingerprint density at radius 3 is 2.69 bits per heavy atom. The predicted molar refractivity (Wildman–Crippen MR) is 52.4 cm³/mol. The molecule has 2 rings (SSSR count). The normalized spacial score (nSPS) is 18.2. The summed E-state index contributed by atoms with van der Waals surface area (Å²) in [4.78, 5) is 3.91. The van der Waals surface area contributed by atoms with Gasteiger partial charge in [-0.05, 0) is 31.7 Å². The van der Waals surface area contributed by atoms with Crippen LogP contribution in [-0.2, 0) is 0 Å². The summed E-state index contributed by atoms with van der Waals surface area (Å²) in [7, 11) is 0. The lowest BCUT2D eigenvalue weighted by molar-refractivity contribution is -0.189. The average molecular weight is 231 g/mol. The van der Waals surface area contributed by atoms with E-state index in [-0.39, 0.29) is 0 Å². The Labute approximate surface area is 91.4 Å². The van der Waals surface area contributed by atoms with E-state index in [9.17, 15) is 13.2 Å². The summed E-state index contributed by atoms with van der Waals surface area (Å²) in [6.45, 7) is 1.01. The Kier molecular flexibility index (Phi) is 2.78. The summed E-state index contributed by atoms with van der Waals surface area (Å²) in [6, 6.07) is 1.50. The van der Waals surface area contributed by atoms with E-state index < -0.39 is 12.3 Å². The van der Waals surface area contributed by atoms with Crippen LogP contribution in [0.5, 0.6) is 5.75 Å². The molecule has 1 aromatic rings. The minimum absolute atomic E-state index is 0.308. The van der Waals surface area contributed by atoms with E-state index in [2.05, 4.69) is 4.98 Å². The summed E-state index contributed by atoms with van der Waals surface area (Å²) in [5.74, 6) is 0.631. The molecule has 88 valence electrons. The molecule has 0 bridgehead atoms. The Morgan fingerprint density at radius 1 is 1.44 bits per heavy atom. The quantitative estimate of drug-likeness (QED) is 0.796. The molecule has 0 unspecified atom stereocenters. The zero-order valence-corrected chi connectivity index (χ0v) is 8.79. The highest BCUT2D eigenvalue weighted by atomic mass is 19.4. The van der Waals surface area contributed by atoms with Crippen LogP contribution in [0, 0.1) is 0 Å². The van der Waals surface area contributed by atoms with Crippen LogP contribution in [-0.4, -0.2) is 17.3 Å². The topological polar surface area (TPSA) is 22.1 Å². The molecule has 0 spiro atoms. The summed E-state index contributed by atoms with van der Waals surface area (Å²) in [5, 5.41) is 0. The fourth-order valence-corrected chi connectivity index (χ4v) is 1.46. The van der Waals surface area contributed by atoms with Crippen molar-refractivity contribution < 1.29 is 17.9 Å². The molecule has 1 saturated carbocycles. The van der Waals surface area contributed by atoms with Gasteiger partial charge in [0.25, 0.3) is 0 Å². The zero-order chi connectivity index (χ0) is 11.8. The molecule has 2 nitrogen and oxygen atoms in total. The van der Waals surface area contributed by atoms with Gasteiger partial charge in [-0.2, -0.15) is 13.2 Å². The lowest BCUT2D eigenvalue weighted by Gasteiger charge is -2.19. The molecule has 1 aromatic heterocycles. The van der Waals surface area contributed by atoms with Crippen LogP contribution in [0.3, 0.4) is 0 Å². The third-order valence-electron chi connectivity index (χ3n) is 2.59. The fraction of sp³-hybridized carbons (Fsp3) is 0.545. The minimum Gasteiger partial charge on any atom is -0.481 e. The van der Waals surface area contributed by atoms with Gasteiger partial charge in [-0.1, -0.05) is 0 Å². The molecule has 5 heteroatoms. The Balaban J connectivity index is 2.14. The largest absolute Gasteiger partial charge is 0.481 e. The summed E-state index contributed by atoms with van der Waals surface area (Å²) >= 11 is 0. The van der Waals surface area contributed by atoms with Crippen LogP contribution in [0.2, 0.25) is 0 Å². The molecule has 1 aliphatic carbocycles. The molecule has 1 fully saturated rings. The van der Waals surface area contributed by atoms with Gasteiger partial charge in [-0.15, -0.1) is 0 Å². The molecule has 0 aromatic carbocycles. The van der Waals surface area contributed by atoms with Crippen LogP contribution < -0.4 is 4.74 Å².